The first-order chi connectivity index (χ1) is 14.7. The Kier molecular flexibility index (Phi) is 4.93. The molecule has 1 N–H and O–H groups in total. The van der Waals surface area contributed by atoms with Crippen molar-refractivity contribution >= 4 is 22.9 Å². The van der Waals surface area contributed by atoms with Gasteiger partial charge in [-0.2, -0.15) is 0 Å². The zero-order chi connectivity index (χ0) is 20.5. The van der Waals surface area contributed by atoms with Crippen LogP contribution in [-0.4, -0.2) is 20.4 Å². The number of nitrogens with one attached hydrogen (secondary N) is 1. The highest BCUT2D eigenvalue weighted by Gasteiger charge is 2.19. The molecule has 0 saturated heterocycles. The van der Waals surface area contributed by atoms with Gasteiger partial charge in [0.05, 0.1) is 10.7 Å². The third-order valence-corrected chi connectivity index (χ3v) is 6.36. The Morgan fingerprint density at radius 2 is 1.83 bits per heavy atom. The Labute approximate surface area is 179 Å². The normalized spacial score (nSPS) is 13.1. The minimum Gasteiger partial charge on any atom is -0.328 e. The third kappa shape index (κ3) is 3.55. The highest BCUT2D eigenvalue weighted by molar-refractivity contribution is 7.14. The van der Waals surface area contributed by atoms with Gasteiger partial charge in [-0.15, -0.1) is 11.3 Å². The lowest BCUT2D eigenvalue weighted by atomic mass is 10.1. The second kappa shape index (κ2) is 7.88. The summed E-state index contributed by atoms with van der Waals surface area (Å²) in [6.45, 7) is 2.95. The van der Waals surface area contributed by atoms with Gasteiger partial charge in [0.2, 0.25) is 0 Å². The van der Waals surface area contributed by atoms with Gasteiger partial charge in [0.25, 0.3) is 5.91 Å². The molecule has 0 bridgehead atoms. The van der Waals surface area contributed by atoms with Gasteiger partial charge in [0.1, 0.15) is 10.7 Å². The number of benzene rings is 2. The van der Waals surface area contributed by atoms with Crippen molar-refractivity contribution in [2.75, 3.05) is 5.32 Å². The van der Waals surface area contributed by atoms with E-state index >= 15 is 0 Å². The first kappa shape index (κ1) is 18.8. The van der Waals surface area contributed by atoms with Crippen molar-refractivity contribution in [2.24, 2.45) is 0 Å². The second-order valence-electron chi connectivity index (χ2n) is 7.49. The number of hydrogen-bond acceptors (Lipinski definition) is 4. The van der Waals surface area contributed by atoms with E-state index in [1.54, 1.807) is 0 Å². The van der Waals surface area contributed by atoms with Gasteiger partial charge in [-0.3, -0.25) is 4.79 Å². The maximum absolute atomic E-state index is 13.0. The van der Waals surface area contributed by atoms with E-state index in [0.29, 0.717) is 4.88 Å². The number of aromatic nitrogens is 3. The summed E-state index contributed by atoms with van der Waals surface area (Å²) in [6.07, 6.45) is 5.52. The fourth-order valence-corrected chi connectivity index (χ4v) is 4.77. The summed E-state index contributed by atoms with van der Waals surface area (Å²) in [5.74, 6) is 0.873. The van der Waals surface area contributed by atoms with Gasteiger partial charge in [-0.25, -0.2) is 9.97 Å². The number of nitrogens with zero attached hydrogens (tertiary/aromatic N) is 3. The summed E-state index contributed by atoms with van der Waals surface area (Å²) < 4.78 is 2.31. The van der Waals surface area contributed by atoms with Gasteiger partial charge in [-0.05, 0) is 50.5 Å². The standard InChI is InChI=1S/C24H22N4OS/c1-16-26-21(17-7-3-2-4-8-17)22(30-16)24(29)27-19-12-10-18(11-13-19)23-25-15-20-9-5-6-14-28(20)23/h2-4,7-8,10-13,15H,5-6,9,14H2,1H3,(H,27,29). The zero-order valence-electron chi connectivity index (χ0n) is 16.8. The van der Waals surface area contributed by atoms with Crippen LogP contribution in [0.1, 0.15) is 33.2 Å². The molecule has 5 rings (SSSR count). The van der Waals surface area contributed by atoms with Gasteiger partial charge in [0.15, 0.2) is 0 Å². The van der Waals surface area contributed by atoms with Crippen LogP contribution in [0.15, 0.2) is 60.8 Å². The third-order valence-electron chi connectivity index (χ3n) is 5.39. The molecule has 0 spiro atoms. The first-order valence-corrected chi connectivity index (χ1v) is 11.0. The number of carbonyl (C=O) groups excluding carboxylic acids is 1. The lowest BCUT2D eigenvalue weighted by Gasteiger charge is -2.16. The minimum atomic E-state index is -0.134. The van der Waals surface area contributed by atoms with Crippen molar-refractivity contribution in [3.63, 3.8) is 0 Å². The first-order valence-electron chi connectivity index (χ1n) is 10.2. The van der Waals surface area contributed by atoms with Crippen LogP contribution in [0.5, 0.6) is 0 Å². The Bertz CT molecular complexity index is 1190. The van der Waals surface area contributed by atoms with E-state index < -0.39 is 0 Å². The number of carbonyl (C=O) groups is 1. The van der Waals surface area contributed by atoms with Crippen LogP contribution in [0.3, 0.4) is 0 Å². The van der Waals surface area contributed by atoms with Gasteiger partial charge in [0, 0.05) is 35.2 Å². The van der Waals surface area contributed by atoms with E-state index in [9.17, 15) is 4.79 Å². The molecule has 2 aromatic carbocycles. The number of amides is 1. The molecule has 2 aromatic heterocycles. The van der Waals surface area contributed by atoms with Crippen molar-refractivity contribution in [1.82, 2.24) is 14.5 Å². The van der Waals surface area contributed by atoms with Crippen LogP contribution < -0.4 is 5.32 Å². The molecule has 0 aliphatic carbocycles. The molecule has 1 aliphatic heterocycles. The fraction of sp³-hybridized carbons (Fsp3) is 0.208. The average Bonchev–Trinajstić information content (AvgIpc) is 3.39. The summed E-state index contributed by atoms with van der Waals surface area (Å²) in [6, 6.07) is 17.8. The van der Waals surface area contributed by atoms with Crippen molar-refractivity contribution < 1.29 is 4.79 Å². The van der Waals surface area contributed by atoms with Crippen LogP contribution >= 0.6 is 11.3 Å². The van der Waals surface area contributed by atoms with Crippen molar-refractivity contribution in [3.05, 3.63) is 76.4 Å². The smallest absolute Gasteiger partial charge is 0.268 e. The molecule has 0 saturated carbocycles. The molecular formula is C24H22N4OS. The van der Waals surface area contributed by atoms with E-state index in [1.165, 1.54) is 29.9 Å². The van der Waals surface area contributed by atoms with Crippen LogP contribution in [0.2, 0.25) is 0 Å². The highest BCUT2D eigenvalue weighted by atomic mass is 32.1. The van der Waals surface area contributed by atoms with Crippen LogP contribution in [-0.2, 0) is 13.0 Å². The summed E-state index contributed by atoms with van der Waals surface area (Å²) in [7, 11) is 0. The van der Waals surface area contributed by atoms with Crippen LogP contribution in [0, 0.1) is 6.92 Å². The van der Waals surface area contributed by atoms with Crippen molar-refractivity contribution in [3.8, 4) is 22.6 Å². The van der Waals surface area contributed by atoms with Crippen LogP contribution in [0.25, 0.3) is 22.6 Å². The number of hydrogen-bond donors (Lipinski definition) is 1. The van der Waals surface area contributed by atoms with E-state index in [0.717, 1.165) is 46.3 Å². The number of thiazole rings is 1. The molecule has 150 valence electrons. The molecule has 0 atom stereocenters. The van der Waals surface area contributed by atoms with Crippen molar-refractivity contribution in [1.29, 1.82) is 0 Å². The molecule has 30 heavy (non-hydrogen) atoms. The average molecular weight is 415 g/mol. The Morgan fingerprint density at radius 1 is 1.03 bits per heavy atom. The number of imidazole rings is 1. The second-order valence-corrected chi connectivity index (χ2v) is 8.69. The molecule has 1 amide bonds. The van der Waals surface area contributed by atoms with Gasteiger partial charge >= 0.3 is 0 Å². The fourth-order valence-electron chi connectivity index (χ4n) is 3.93. The number of rotatable bonds is 4. The Hall–Kier alpha value is -3.25. The molecule has 0 fully saturated rings. The molecule has 3 heterocycles. The maximum Gasteiger partial charge on any atom is 0.268 e. The predicted molar refractivity (Wildman–Crippen MR) is 121 cm³/mol. The van der Waals surface area contributed by atoms with E-state index in [4.69, 9.17) is 0 Å². The zero-order valence-corrected chi connectivity index (χ0v) is 17.6. The summed E-state index contributed by atoms with van der Waals surface area (Å²) >= 11 is 1.42. The lowest BCUT2D eigenvalue weighted by molar-refractivity contribution is 0.103. The molecule has 6 heteroatoms. The minimum absolute atomic E-state index is 0.134. The molecular weight excluding hydrogens is 392 g/mol. The SMILES string of the molecule is Cc1nc(-c2ccccc2)c(C(=O)Nc2ccc(-c3ncc4n3CCCC4)cc2)s1. The van der Waals surface area contributed by atoms with Crippen molar-refractivity contribution in [2.45, 2.75) is 32.7 Å². The Balaban J connectivity index is 1.37. The molecule has 4 aromatic rings. The predicted octanol–water partition coefficient (Wildman–Crippen LogP) is 5.57. The largest absolute Gasteiger partial charge is 0.328 e. The summed E-state index contributed by atoms with van der Waals surface area (Å²) in [4.78, 5) is 22.8. The number of anilines is 1. The van der Waals surface area contributed by atoms with Gasteiger partial charge in [-0.1, -0.05) is 30.3 Å². The lowest BCUT2D eigenvalue weighted by Crippen LogP contribution is -2.12. The van der Waals surface area contributed by atoms with Gasteiger partial charge < -0.3 is 9.88 Å². The van der Waals surface area contributed by atoms with E-state index in [2.05, 4.69) is 19.9 Å². The Morgan fingerprint density at radius 3 is 2.63 bits per heavy atom. The topological polar surface area (TPSA) is 59.8 Å². The highest BCUT2D eigenvalue weighted by Crippen LogP contribution is 2.29. The van der Waals surface area contributed by atoms with E-state index in [-0.39, 0.29) is 5.91 Å². The molecule has 0 radical (unpaired) electrons. The maximum atomic E-state index is 13.0. The molecule has 1 aliphatic rings. The quantitative estimate of drug-likeness (QED) is 0.475. The molecule has 5 nitrogen and oxygen atoms in total. The summed E-state index contributed by atoms with van der Waals surface area (Å²) in [5.41, 5.74) is 4.82. The number of fused-ring (bicyclic) bond motifs is 1. The van der Waals surface area contributed by atoms with E-state index in [1.807, 2.05) is 67.7 Å². The summed E-state index contributed by atoms with van der Waals surface area (Å²) in [5, 5.41) is 3.89. The molecule has 0 unspecified atom stereocenters. The number of aryl methyl sites for hydroxylation is 2. The van der Waals surface area contributed by atoms with Crippen LogP contribution in [0.4, 0.5) is 5.69 Å². The monoisotopic (exact) mass is 414 g/mol.